The van der Waals surface area contributed by atoms with Crippen LogP contribution in [0.4, 0.5) is 0 Å². The maximum Gasteiger partial charge on any atom is 0.331 e. The lowest BCUT2D eigenvalue weighted by Gasteiger charge is -2.06. The molecular formula is C16H12ClNO3S. The van der Waals surface area contributed by atoms with Gasteiger partial charge in [-0.05, 0) is 31.2 Å². The minimum atomic E-state index is -0.509. The molecule has 0 N–H and O–H groups in total. The Morgan fingerprint density at radius 3 is 2.68 bits per heavy atom. The van der Waals surface area contributed by atoms with Crippen LogP contribution in [0.2, 0.25) is 5.02 Å². The van der Waals surface area contributed by atoms with Gasteiger partial charge in [-0.25, -0.2) is 4.79 Å². The number of aromatic nitrogens is 1. The van der Waals surface area contributed by atoms with Crippen molar-refractivity contribution in [2.24, 2.45) is 0 Å². The molecular weight excluding hydrogens is 322 g/mol. The zero-order chi connectivity index (χ0) is 15.7. The van der Waals surface area contributed by atoms with Gasteiger partial charge in [0.1, 0.15) is 12.3 Å². The Morgan fingerprint density at radius 1 is 1.23 bits per heavy atom. The van der Waals surface area contributed by atoms with E-state index < -0.39 is 5.97 Å². The fourth-order valence-corrected chi connectivity index (χ4v) is 3.37. The van der Waals surface area contributed by atoms with Crippen LogP contribution in [0, 0.1) is 6.92 Å². The molecule has 3 aromatic rings. The zero-order valence-corrected chi connectivity index (χ0v) is 13.3. The van der Waals surface area contributed by atoms with Gasteiger partial charge in [0.25, 0.3) is 0 Å². The highest BCUT2D eigenvalue weighted by molar-refractivity contribution is 7.16. The molecule has 0 radical (unpaired) electrons. The molecule has 0 saturated heterocycles. The lowest BCUT2D eigenvalue weighted by atomic mass is 10.2. The van der Waals surface area contributed by atoms with Crippen molar-refractivity contribution in [2.45, 2.75) is 13.5 Å². The van der Waals surface area contributed by atoms with Crippen molar-refractivity contribution in [1.29, 1.82) is 0 Å². The monoisotopic (exact) mass is 333 g/mol. The average Bonchev–Trinajstić information content (AvgIpc) is 2.79. The molecule has 1 heterocycles. The van der Waals surface area contributed by atoms with Gasteiger partial charge >= 0.3 is 10.8 Å². The maximum absolute atomic E-state index is 12.1. The van der Waals surface area contributed by atoms with E-state index in [1.54, 1.807) is 30.3 Å². The zero-order valence-electron chi connectivity index (χ0n) is 11.7. The van der Waals surface area contributed by atoms with E-state index >= 15 is 0 Å². The first kappa shape index (κ1) is 14.8. The summed E-state index contributed by atoms with van der Waals surface area (Å²) in [6, 6.07) is 12.4. The van der Waals surface area contributed by atoms with E-state index in [4.69, 9.17) is 16.3 Å². The summed E-state index contributed by atoms with van der Waals surface area (Å²) in [6.07, 6.45) is 0. The van der Waals surface area contributed by atoms with Crippen LogP contribution in [-0.4, -0.2) is 10.5 Å². The molecule has 6 heteroatoms. The van der Waals surface area contributed by atoms with Crippen LogP contribution in [0.1, 0.15) is 5.56 Å². The first-order chi connectivity index (χ1) is 10.5. The summed E-state index contributed by atoms with van der Waals surface area (Å²) in [6.45, 7) is 1.78. The number of carbonyl (C=O) groups excluding carboxylic acids is 1. The second-order valence-corrected chi connectivity index (χ2v) is 6.23. The number of aryl methyl sites for hydroxylation is 1. The first-order valence-electron chi connectivity index (χ1n) is 6.60. The average molecular weight is 334 g/mol. The Balaban J connectivity index is 1.87. The summed E-state index contributed by atoms with van der Waals surface area (Å²) in [4.78, 5) is 23.9. The highest BCUT2D eigenvalue weighted by atomic mass is 35.5. The molecule has 0 aliphatic rings. The van der Waals surface area contributed by atoms with Gasteiger partial charge in [-0.3, -0.25) is 9.36 Å². The largest absolute Gasteiger partial charge is 0.425 e. The molecule has 0 bridgehead atoms. The number of hydrogen-bond acceptors (Lipinski definition) is 4. The Kier molecular flexibility index (Phi) is 4.00. The standard InChI is InChI=1S/C16H12ClNO3S/c1-10-5-7-11(8-6-10)21-14(19)9-18-15-12(17)3-2-4-13(15)22-16(18)20/h2-8H,9H2,1H3. The van der Waals surface area contributed by atoms with E-state index in [9.17, 15) is 9.59 Å². The molecule has 4 nitrogen and oxygen atoms in total. The molecule has 0 aliphatic heterocycles. The molecule has 22 heavy (non-hydrogen) atoms. The minimum absolute atomic E-state index is 0.170. The van der Waals surface area contributed by atoms with Crippen molar-refractivity contribution in [3.8, 4) is 5.75 Å². The van der Waals surface area contributed by atoms with Gasteiger partial charge in [0, 0.05) is 0 Å². The molecule has 0 spiro atoms. The van der Waals surface area contributed by atoms with Crippen LogP contribution in [0.15, 0.2) is 47.3 Å². The van der Waals surface area contributed by atoms with Crippen LogP contribution < -0.4 is 9.61 Å². The Morgan fingerprint density at radius 2 is 1.95 bits per heavy atom. The summed E-state index contributed by atoms with van der Waals surface area (Å²) in [5.41, 5.74) is 1.65. The summed E-state index contributed by atoms with van der Waals surface area (Å²) >= 11 is 7.19. The lowest BCUT2D eigenvalue weighted by Crippen LogP contribution is -2.22. The smallest absolute Gasteiger partial charge is 0.331 e. The topological polar surface area (TPSA) is 48.3 Å². The molecule has 0 saturated carbocycles. The molecule has 0 aliphatic carbocycles. The van der Waals surface area contributed by atoms with Gasteiger partial charge in [-0.2, -0.15) is 0 Å². The number of carbonyl (C=O) groups is 1. The second kappa shape index (κ2) is 5.94. The molecule has 3 rings (SSSR count). The quantitative estimate of drug-likeness (QED) is 0.543. The Hall–Kier alpha value is -2.11. The lowest BCUT2D eigenvalue weighted by molar-refractivity contribution is -0.135. The SMILES string of the molecule is Cc1ccc(OC(=O)Cn2c(=O)sc3cccc(Cl)c32)cc1. The summed E-state index contributed by atoms with van der Waals surface area (Å²) in [7, 11) is 0. The molecule has 0 unspecified atom stereocenters. The number of halogens is 1. The van der Waals surface area contributed by atoms with Crippen LogP contribution in [0.5, 0.6) is 5.75 Å². The predicted octanol–water partition coefficient (Wildman–Crippen LogP) is 3.63. The van der Waals surface area contributed by atoms with Gasteiger partial charge < -0.3 is 4.74 Å². The number of ether oxygens (including phenoxy) is 1. The molecule has 2 aromatic carbocycles. The van der Waals surface area contributed by atoms with Crippen molar-refractivity contribution < 1.29 is 9.53 Å². The number of nitrogens with zero attached hydrogens (tertiary/aromatic N) is 1. The number of esters is 1. The minimum Gasteiger partial charge on any atom is -0.425 e. The Bertz CT molecular complexity index is 896. The fourth-order valence-electron chi connectivity index (χ4n) is 2.12. The van der Waals surface area contributed by atoms with E-state index in [0.29, 0.717) is 16.3 Å². The van der Waals surface area contributed by atoms with Crippen molar-refractivity contribution in [3.05, 3.63) is 62.7 Å². The third-order valence-corrected chi connectivity index (χ3v) is 4.43. The number of hydrogen-bond donors (Lipinski definition) is 0. The van der Waals surface area contributed by atoms with Gasteiger partial charge in [-0.15, -0.1) is 0 Å². The maximum atomic E-state index is 12.1. The number of thiazole rings is 1. The van der Waals surface area contributed by atoms with E-state index in [2.05, 4.69) is 0 Å². The van der Waals surface area contributed by atoms with Crippen LogP contribution in [-0.2, 0) is 11.3 Å². The molecule has 0 amide bonds. The highest BCUT2D eigenvalue weighted by Crippen LogP contribution is 2.25. The first-order valence-corrected chi connectivity index (χ1v) is 7.79. The summed E-state index contributed by atoms with van der Waals surface area (Å²) in [5, 5.41) is 0.444. The summed E-state index contributed by atoms with van der Waals surface area (Å²) in [5.74, 6) is -0.0557. The van der Waals surface area contributed by atoms with Crippen molar-refractivity contribution >= 4 is 39.1 Å². The van der Waals surface area contributed by atoms with E-state index in [1.807, 2.05) is 19.1 Å². The van der Waals surface area contributed by atoms with Gasteiger partial charge in [0.15, 0.2) is 0 Å². The fraction of sp³-hybridized carbons (Fsp3) is 0.125. The predicted molar refractivity (Wildman–Crippen MR) is 87.9 cm³/mol. The number of fused-ring (bicyclic) bond motifs is 1. The van der Waals surface area contributed by atoms with Crippen molar-refractivity contribution in [1.82, 2.24) is 4.57 Å². The Labute approximate surface area is 135 Å². The van der Waals surface area contributed by atoms with Crippen molar-refractivity contribution in [3.63, 3.8) is 0 Å². The third kappa shape index (κ3) is 2.91. The number of para-hydroxylation sites is 1. The molecule has 0 fully saturated rings. The van der Waals surface area contributed by atoms with Crippen LogP contribution in [0.3, 0.4) is 0 Å². The third-order valence-electron chi connectivity index (χ3n) is 3.18. The second-order valence-electron chi connectivity index (χ2n) is 4.83. The van der Waals surface area contributed by atoms with Crippen molar-refractivity contribution in [2.75, 3.05) is 0 Å². The molecule has 1 aromatic heterocycles. The van der Waals surface area contributed by atoms with E-state index in [1.165, 1.54) is 4.57 Å². The molecule has 0 atom stereocenters. The van der Waals surface area contributed by atoms with Gasteiger partial charge in [-0.1, -0.05) is 46.7 Å². The number of rotatable bonds is 3. The highest BCUT2D eigenvalue weighted by Gasteiger charge is 2.15. The van der Waals surface area contributed by atoms with E-state index in [-0.39, 0.29) is 11.4 Å². The number of benzene rings is 2. The van der Waals surface area contributed by atoms with E-state index in [0.717, 1.165) is 21.6 Å². The van der Waals surface area contributed by atoms with Crippen LogP contribution >= 0.6 is 22.9 Å². The molecule has 112 valence electrons. The van der Waals surface area contributed by atoms with Crippen LogP contribution in [0.25, 0.3) is 10.2 Å². The van der Waals surface area contributed by atoms with Gasteiger partial charge in [0.05, 0.1) is 15.2 Å². The normalized spacial score (nSPS) is 10.8. The summed E-state index contributed by atoms with van der Waals surface area (Å²) < 4.78 is 7.35. The van der Waals surface area contributed by atoms with Gasteiger partial charge in [0.2, 0.25) is 0 Å².